The lowest BCUT2D eigenvalue weighted by Gasteiger charge is -2.04. The van der Waals surface area contributed by atoms with E-state index in [1.54, 1.807) is 12.3 Å². The first-order valence-electron chi connectivity index (χ1n) is 5.84. The first-order valence-corrected chi connectivity index (χ1v) is 5.84. The van der Waals surface area contributed by atoms with Crippen molar-refractivity contribution in [2.45, 2.75) is 19.4 Å². The van der Waals surface area contributed by atoms with E-state index in [2.05, 4.69) is 15.5 Å². The third-order valence-corrected chi connectivity index (χ3v) is 2.66. The fourth-order valence-electron chi connectivity index (χ4n) is 1.62. The molecule has 0 aliphatic carbocycles. The second kappa shape index (κ2) is 6.08. The first-order chi connectivity index (χ1) is 9.15. The Bertz CT molecular complexity index is 555. The van der Waals surface area contributed by atoms with Crippen molar-refractivity contribution in [3.63, 3.8) is 0 Å². The van der Waals surface area contributed by atoms with Gasteiger partial charge >= 0.3 is 0 Å². The summed E-state index contributed by atoms with van der Waals surface area (Å²) in [7, 11) is 0. The van der Waals surface area contributed by atoms with Crippen molar-refractivity contribution >= 4 is 5.91 Å². The van der Waals surface area contributed by atoms with Gasteiger partial charge in [-0.3, -0.25) is 9.89 Å². The van der Waals surface area contributed by atoms with Crippen molar-refractivity contribution in [2.75, 3.05) is 0 Å². The zero-order chi connectivity index (χ0) is 13.7. The summed E-state index contributed by atoms with van der Waals surface area (Å²) >= 11 is 0. The van der Waals surface area contributed by atoms with Crippen LogP contribution < -0.4 is 5.32 Å². The Labute approximate surface area is 108 Å². The van der Waals surface area contributed by atoms with Crippen LogP contribution in [0, 0.1) is 11.6 Å². The molecule has 0 saturated carbocycles. The van der Waals surface area contributed by atoms with E-state index in [1.165, 1.54) is 6.07 Å². The van der Waals surface area contributed by atoms with Crippen molar-refractivity contribution in [2.24, 2.45) is 0 Å². The minimum atomic E-state index is -0.893. The number of benzene rings is 1. The van der Waals surface area contributed by atoms with Crippen LogP contribution in [0.1, 0.15) is 17.7 Å². The van der Waals surface area contributed by atoms with Gasteiger partial charge in [-0.15, -0.1) is 0 Å². The molecule has 0 atom stereocenters. The third kappa shape index (κ3) is 3.87. The van der Waals surface area contributed by atoms with Crippen LogP contribution in [-0.2, 0) is 17.8 Å². The maximum atomic E-state index is 13.0. The van der Waals surface area contributed by atoms with Crippen LogP contribution >= 0.6 is 0 Å². The number of aryl methyl sites for hydroxylation is 1. The average Bonchev–Trinajstić information content (AvgIpc) is 2.91. The van der Waals surface area contributed by atoms with Crippen LogP contribution in [0.4, 0.5) is 8.78 Å². The summed E-state index contributed by atoms with van der Waals surface area (Å²) < 4.78 is 25.7. The highest BCUT2D eigenvalue weighted by Gasteiger charge is 2.06. The summed E-state index contributed by atoms with van der Waals surface area (Å²) in [5.74, 6) is -1.93. The standard InChI is InChI=1S/C13H13F2N3O/c14-11-3-1-9(7-12(11)15)2-4-13(19)16-8-10-5-6-17-18-10/h1,3,5-7H,2,4,8H2,(H,16,19)(H,17,18). The highest BCUT2D eigenvalue weighted by atomic mass is 19.2. The second-order valence-electron chi connectivity index (χ2n) is 4.11. The molecule has 0 bridgehead atoms. The van der Waals surface area contributed by atoms with Gasteiger partial charge in [-0.2, -0.15) is 5.10 Å². The topological polar surface area (TPSA) is 57.8 Å². The number of hydrogen-bond acceptors (Lipinski definition) is 2. The zero-order valence-electron chi connectivity index (χ0n) is 10.1. The van der Waals surface area contributed by atoms with Crippen molar-refractivity contribution in [3.8, 4) is 0 Å². The molecular formula is C13H13F2N3O. The van der Waals surface area contributed by atoms with Gasteiger partial charge in [-0.05, 0) is 30.2 Å². The van der Waals surface area contributed by atoms with Gasteiger partial charge in [0.25, 0.3) is 0 Å². The fourth-order valence-corrected chi connectivity index (χ4v) is 1.62. The van der Waals surface area contributed by atoms with Gasteiger partial charge in [-0.1, -0.05) is 6.07 Å². The number of carbonyl (C=O) groups excluding carboxylic acids is 1. The number of rotatable bonds is 5. The first kappa shape index (κ1) is 13.2. The van der Waals surface area contributed by atoms with Gasteiger partial charge in [0, 0.05) is 12.6 Å². The van der Waals surface area contributed by atoms with E-state index in [-0.39, 0.29) is 12.3 Å². The summed E-state index contributed by atoms with van der Waals surface area (Å²) in [6.45, 7) is 0.372. The molecule has 0 fully saturated rings. The Kier molecular flexibility index (Phi) is 4.22. The number of nitrogens with zero attached hydrogens (tertiary/aromatic N) is 1. The lowest BCUT2D eigenvalue weighted by molar-refractivity contribution is -0.121. The van der Waals surface area contributed by atoms with Gasteiger partial charge in [0.2, 0.25) is 5.91 Å². The van der Waals surface area contributed by atoms with Gasteiger partial charge in [0.1, 0.15) is 0 Å². The van der Waals surface area contributed by atoms with E-state index in [0.717, 1.165) is 17.8 Å². The normalized spacial score (nSPS) is 10.4. The van der Waals surface area contributed by atoms with Gasteiger partial charge in [-0.25, -0.2) is 8.78 Å². The second-order valence-corrected chi connectivity index (χ2v) is 4.11. The molecule has 1 aromatic carbocycles. The van der Waals surface area contributed by atoms with E-state index in [9.17, 15) is 13.6 Å². The Morgan fingerprint density at radius 3 is 2.79 bits per heavy atom. The van der Waals surface area contributed by atoms with Crippen LogP contribution in [0.2, 0.25) is 0 Å². The number of carbonyl (C=O) groups is 1. The van der Waals surface area contributed by atoms with E-state index >= 15 is 0 Å². The highest BCUT2D eigenvalue weighted by Crippen LogP contribution is 2.10. The lowest BCUT2D eigenvalue weighted by atomic mass is 10.1. The van der Waals surface area contributed by atoms with E-state index < -0.39 is 11.6 Å². The number of halogens is 2. The molecule has 0 aliphatic heterocycles. The summed E-state index contributed by atoms with van der Waals surface area (Å²) in [5.41, 5.74) is 1.40. The quantitative estimate of drug-likeness (QED) is 0.868. The summed E-state index contributed by atoms with van der Waals surface area (Å²) in [6, 6.07) is 5.40. The molecule has 0 saturated heterocycles. The Hall–Kier alpha value is -2.24. The molecule has 0 spiro atoms. The van der Waals surface area contributed by atoms with Gasteiger partial charge in [0.15, 0.2) is 11.6 Å². The molecular weight excluding hydrogens is 252 g/mol. The summed E-state index contributed by atoms with van der Waals surface area (Å²) in [6.07, 6.45) is 2.19. The number of hydrogen-bond donors (Lipinski definition) is 2. The molecule has 1 amide bonds. The van der Waals surface area contributed by atoms with Crippen molar-refractivity contribution in [1.82, 2.24) is 15.5 Å². The molecule has 0 radical (unpaired) electrons. The van der Waals surface area contributed by atoms with Crippen LogP contribution in [0.5, 0.6) is 0 Å². The van der Waals surface area contributed by atoms with Crippen molar-refractivity contribution in [3.05, 3.63) is 53.4 Å². The molecule has 0 aliphatic rings. The van der Waals surface area contributed by atoms with Crippen LogP contribution in [0.3, 0.4) is 0 Å². The predicted octanol–water partition coefficient (Wildman–Crippen LogP) is 1.94. The molecule has 1 heterocycles. The number of aromatic amines is 1. The molecule has 2 N–H and O–H groups in total. The minimum Gasteiger partial charge on any atom is -0.350 e. The average molecular weight is 265 g/mol. The molecule has 100 valence electrons. The Morgan fingerprint density at radius 2 is 2.11 bits per heavy atom. The molecule has 19 heavy (non-hydrogen) atoms. The fraction of sp³-hybridized carbons (Fsp3) is 0.231. The lowest BCUT2D eigenvalue weighted by Crippen LogP contribution is -2.23. The smallest absolute Gasteiger partial charge is 0.220 e. The van der Waals surface area contributed by atoms with Gasteiger partial charge < -0.3 is 5.32 Å². The SMILES string of the molecule is O=C(CCc1ccc(F)c(F)c1)NCc1ccn[nH]1. The number of nitrogens with one attached hydrogen (secondary N) is 2. The number of H-pyrrole nitrogens is 1. The van der Waals surface area contributed by atoms with Gasteiger partial charge in [0.05, 0.1) is 12.2 Å². The maximum Gasteiger partial charge on any atom is 0.220 e. The number of aromatic nitrogens is 2. The number of amides is 1. The molecule has 2 rings (SSSR count). The van der Waals surface area contributed by atoms with E-state index in [1.807, 2.05) is 0 Å². The Balaban J connectivity index is 1.78. The predicted molar refractivity (Wildman–Crippen MR) is 65.1 cm³/mol. The highest BCUT2D eigenvalue weighted by molar-refractivity contribution is 5.76. The molecule has 6 heteroatoms. The molecule has 2 aromatic rings. The van der Waals surface area contributed by atoms with Crippen LogP contribution in [0.15, 0.2) is 30.5 Å². The van der Waals surface area contributed by atoms with Crippen molar-refractivity contribution in [1.29, 1.82) is 0 Å². The molecule has 4 nitrogen and oxygen atoms in total. The zero-order valence-corrected chi connectivity index (χ0v) is 10.1. The van der Waals surface area contributed by atoms with E-state index in [4.69, 9.17) is 0 Å². The maximum absolute atomic E-state index is 13.0. The van der Waals surface area contributed by atoms with Crippen LogP contribution in [-0.4, -0.2) is 16.1 Å². The third-order valence-electron chi connectivity index (χ3n) is 2.66. The van der Waals surface area contributed by atoms with E-state index in [0.29, 0.717) is 18.5 Å². The summed E-state index contributed by atoms with van der Waals surface area (Å²) in [4.78, 5) is 11.6. The van der Waals surface area contributed by atoms with Crippen molar-refractivity contribution < 1.29 is 13.6 Å². The monoisotopic (exact) mass is 265 g/mol. The van der Waals surface area contributed by atoms with Crippen LogP contribution in [0.25, 0.3) is 0 Å². The minimum absolute atomic E-state index is 0.153. The Morgan fingerprint density at radius 1 is 1.26 bits per heavy atom. The largest absolute Gasteiger partial charge is 0.350 e. The molecule has 1 aromatic heterocycles. The molecule has 0 unspecified atom stereocenters. The summed E-state index contributed by atoms with van der Waals surface area (Å²) in [5, 5.41) is 9.19.